The fourth-order valence-corrected chi connectivity index (χ4v) is 13.7. The third-order valence-corrected chi connectivity index (χ3v) is 20.7. The molecule has 582 valence electrons. The number of rotatable bonds is 78. The maximum absolute atomic E-state index is 13.1. The van der Waals surface area contributed by atoms with Crippen molar-refractivity contribution in [3.05, 3.63) is 0 Å². The Kier molecular flexibility index (Phi) is 69.3. The minimum atomic E-state index is -4.96. The van der Waals surface area contributed by atoms with Gasteiger partial charge in [-0.1, -0.05) is 363 Å². The number of hydrogen-bond donors (Lipinski definition) is 3. The van der Waals surface area contributed by atoms with Crippen LogP contribution in [0.3, 0.4) is 0 Å². The van der Waals surface area contributed by atoms with Crippen LogP contribution in [-0.4, -0.2) is 96.7 Å². The molecule has 98 heavy (non-hydrogen) atoms. The molecule has 0 saturated heterocycles. The highest BCUT2D eigenvalue weighted by molar-refractivity contribution is 7.47. The van der Waals surface area contributed by atoms with Gasteiger partial charge in [-0.05, 0) is 37.5 Å². The molecule has 0 saturated carbocycles. The Morgan fingerprint density at radius 3 is 0.776 bits per heavy atom. The molecule has 0 rings (SSSR count). The van der Waals surface area contributed by atoms with Crippen molar-refractivity contribution >= 4 is 39.5 Å². The third kappa shape index (κ3) is 71.1. The summed E-state index contributed by atoms with van der Waals surface area (Å²) >= 11 is 0. The van der Waals surface area contributed by atoms with Crippen LogP contribution in [0.2, 0.25) is 0 Å². The number of phosphoric ester groups is 2. The summed E-state index contributed by atoms with van der Waals surface area (Å²) in [6, 6.07) is 0. The summed E-state index contributed by atoms with van der Waals surface area (Å²) in [5.41, 5.74) is 0. The molecule has 0 aliphatic heterocycles. The molecular formula is C79H154O17P2. The van der Waals surface area contributed by atoms with Gasteiger partial charge in [0, 0.05) is 25.7 Å². The van der Waals surface area contributed by atoms with E-state index in [0.29, 0.717) is 25.7 Å². The first-order chi connectivity index (χ1) is 47.4. The molecule has 0 aromatic rings. The highest BCUT2D eigenvalue weighted by Gasteiger charge is 2.30. The standard InChI is InChI=1S/C79H154O17P2/c1-7-10-12-14-16-18-20-21-22-23-24-25-26-27-28-29-34-38-45-51-57-63-78(83)95-74(67-90-77(82)62-56-50-44-37-33-31-30-32-35-41-47-53-59-71(4)5)69-93-97(85,86)91-65-73(80)66-92-98(87,88)94-70-75(68-89-76(81)61-55-49-43-36-19-17-15-13-11-8-2)96-79(84)64-58-52-46-40-39-42-48-54-60-72(6)9-3/h71-75,80H,7-70H2,1-6H3,(H,85,86)(H,87,88)/t72?,73-,74-,75-/m1/s1. The molecule has 0 amide bonds. The number of aliphatic hydroxyl groups is 1. The Morgan fingerprint density at radius 1 is 0.296 bits per heavy atom. The Morgan fingerprint density at radius 2 is 0.520 bits per heavy atom. The largest absolute Gasteiger partial charge is 0.472 e. The highest BCUT2D eigenvalue weighted by Crippen LogP contribution is 2.45. The number of ether oxygens (including phenoxy) is 4. The van der Waals surface area contributed by atoms with Crippen molar-refractivity contribution in [3.63, 3.8) is 0 Å². The zero-order valence-corrected chi connectivity index (χ0v) is 65.9. The van der Waals surface area contributed by atoms with Gasteiger partial charge in [-0.15, -0.1) is 0 Å². The summed E-state index contributed by atoms with van der Waals surface area (Å²) in [4.78, 5) is 72.9. The Hall–Kier alpha value is -1.94. The van der Waals surface area contributed by atoms with Crippen molar-refractivity contribution in [2.24, 2.45) is 11.8 Å². The van der Waals surface area contributed by atoms with Gasteiger partial charge in [-0.3, -0.25) is 37.3 Å². The number of phosphoric acid groups is 2. The van der Waals surface area contributed by atoms with E-state index in [1.807, 2.05) is 0 Å². The average molecular weight is 1440 g/mol. The second-order valence-corrected chi connectivity index (χ2v) is 32.1. The quantitative estimate of drug-likeness (QED) is 0.0222. The van der Waals surface area contributed by atoms with Crippen LogP contribution < -0.4 is 0 Å². The van der Waals surface area contributed by atoms with E-state index >= 15 is 0 Å². The fraction of sp³-hybridized carbons (Fsp3) is 0.949. The first-order valence-corrected chi connectivity index (χ1v) is 44.0. The fourth-order valence-electron chi connectivity index (χ4n) is 12.2. The van der Waals surface area contributed by atoms with E-state index in [9.17, 15) is 43.2 Å². The third-order valence-electron chi connectivity index (χ3n) is 18.8. The monoisotopic (exact) mass is 1440 g/mol. The van der Waals surface area contributed by atoms with Crippen LogP contribution in [0.1, 0.15) is 414 Å². The Labute approximate surface area is 600 Å². The SMILES string of the molecule is CCCCCCCCCCCCCCCCCCCCCCCC(=O)O[C@H](COC(=O)CCCCCCCCCCCCCCC(C)C)COP(=O)(O)OC[C@@H](O)COP(=O)(O)OC[C@@H](COC(=O)CCCCCCCCCCCC)OC(=O)CCCCCCCCCCC(C)CC. The number of unbranched alkanes of at least 4 members (excludes halogenated alkanes) is 47. The average Bonchev–Trinajstić information content (AvgIpc) is 1.56. The van der Waals surface area contributed by atoms with Gasteiger partial charge in [0.1, 0.15) is 19.3 Å². The molecule has 0 fully saturated rings. The van der Waals surface area contributed by atoms with Crippen molar-refractivity contribution in [2.75, 3.05) is 39.6 Å². The highest BCUT2D eigenvalue weighted by atomic mass is 31.2. The lowest BCUT2D eigenvalue weighted by Crippen LogP contribution is -2.30. The van der Waals surface area contributed by atoms with Crippen LogP contribution in [0.25, 0.3) is 0 Å². The maximum atomic E-state index is 13.1. The van der Waals surface area contributed by atoms with Crippen LogP contribution >= 0.6 is 15.6 Å². The Balaban J connectivity index is 5.21. The Bertz CT molecular complexity index is 1890. The molecule has 3 unspecified atom stereocenters. The van der Waals surface area contributed by atoms with Crippen LogP contribution in [0.15, 0.2) is 0 Å². The number of aliphatic hydroxyl groups excluding tert-OH is 1. The molecule has 0 aliphatic carbocycles. The van der Waals surface area contributed by atoms with Crippen molar-refractivity contribution in [1.29, 1.82) is 0 Å². The van der Waals surface area contributed by atoms with Crippen LogP contribution in [0.5, 0.6) is 0 Å². The second-order valence-electron chi connectivity index (χ2n) is 29.2. The van der Waals surface area contributed by atoms with Gasteiger partial charge < -0.3 is 33.8 Å². The molecule has 0 spiro atoms. The number of carbonyl (C=O) groups is 4. The van der Waals surface area contributed by atoms with Gasteiger partial charge in [0.2, 0.25) is 0 Å². The molecule has 0 radical (unpaired) electrons. The van der Waals surface area contributed by atoms with Crippen LogP contribution in [-0.2, 0) is 65.4 Å². The summed E-state index contributed by atoms with van der Waals surface area (Å²) in [5.74, 6) is -0.562. The molecule has 0 aliphatic rings. The van der Waals surface area contributed by atoms with E-state index in [1.54, 1.807) is 0 Å². The molecule has 19 heteroatoms. The molecular weight excluding hydrogens is 1280 g/mol. The zero-order valence-electron chi connectivity index (χ0n) is 64.1. The summed E-state index contributed by atoms with van der Waals surface area (Å²) < 4.78 is 68.6. The topological polar surface area (TPSA) is 237 Å². The zero-order chi connectivity index (χ0) is 72.1. The van der Waals surface area contributed by atoms with Crippen LogP contribution in [0, 0.1) is 11.8 Å². The van der Waals surface area contributed by atoms with E-state index in [1.165, 1.54) is 231 Å². The van der Waals surface area contributed by atoms with Gasteiger partial charge >= 0.3 is 39.5 Å². The van der Waals surface area contributed by atoms with Crippen molar-refractivity contribution in [3.8, 4) is 0 Å². The van der Waals surface area contributed by atoms with Gasteiger partial charge in [0.05, 0.1) is 26.4 Å². The summed E-state index contributed by atoms with van der Waals surface area (Å²) in [6.07, 6.45) is 59.7. The summed E-state index contributed by atoms with van der Waals surface area (Å²) in [5, 5.41) is 10.6. The first kappa shape index (κ1) is 96.1. The molecule has 0 aromatic carbocycles. The molecule has 3 N–H and O–H groups in total. The van der Waals surface area contributed by atoms with E-state index in [4.69, 9.17) is 37.0 Å². The molecule has 6 atom stereocenters. The summed E-state index contributed by atoms with van der Waals surface area (Å²) in [6.45, 7) is 9.61. The van der Waals surface area contributed by atoms with E-state index < -0.39 is 97.5 Å². The normalized spacial score (nSPS) is 14.2. The molecule has 0 heterocycles. The molecule has 17 nitrogen and oxygen atoms in total. The second kappa shape index (κ2) is 70.7. The van der Waals surface area contributed by atoms with E-state index in [2.05, 4.69) is 41.5 Å². The summed E-state index contributed by atoms with van der Waals surface area (Å²) in [7, 11) is -9.91. The van der Waals surface area contributed by atoms with Crippen molar-refractivity contribution < 1.29 is 80.2 Å². The first-order valence-electron chi connectivity index (χ1n) is 41.0. The molecule has 0 bridgehead atoms. The van der Waals surface area contributed by atoms with Gasteiger partial charge in [0.15, 0.2) is 12.2 Å². The van der Waals surface area contributed by atoms with E-state index in [0.717, 1.165) is 102 Å². The number of esters is 4. The maximum Gasteiger partial charge on any atom is 0.472 e. The van der Waals surface area contributed by atoms with Crippen molar-refractivity contribution in [1.82, 2.24) is 0 Å². The minimum Gasteiger partial charge on any atom is -0.462 e. The number of carbonyl (C=O) groups excluding carboxylic acids is 4. The lowest BCUT2D eigenvalue weighted by Gasteiger charge is -2.21. The van der Waals surface area contributed by atoms with Gasteiger partial charge in [-0.25, -0.2) is 9.13 Å². The van der Waals surface area contributed by atoms with Gasteiger partial charge in [0.25, 0.3) is 0 Å². The number of hydrogen-bond acceptors (Lipinski definition) is 15. The predicted molar refractivity (Wildman–Crippen MR) is 400 cm³/mol. The van der Waals surface area contributed by atoms with Crippen molar-refractivity contribution in [2.45, 2.75) is 432 Å². The minimum absolute atomic E-state index is 0.105. The van der Waals surface area contributed by atoms with E-state index in [-0.39, 0.29) is 25.7 Å². The van der Waals surface area contributed by atoms with Gasteiger partial charge in [-0.2, -0.15) is 0 Å². The predicted octanol–water partition coefficient (Wildman–Crippen LogP) is 23.5. The van der Waals surface area contributed by atoms with Crippen LogP contribution in [0.4, 0.5) is 0 Å². The smallest absolute Gasteiger partial charge is 0.462 e. The lowest BCUT2D eigenvalue weighted by atomic mass is 9.99. The molecule has 0 aromatic heterocycles. The lowest BCUT2D eigenvalue weighted by molar-refractivity contribution is -0.161.